The summed E-state index contributed by atoms with van der Waals surface area (Å²) in [4.78, 5) is 19.4. The second-order valence-electron chi connectivity index (χ2n) is 3.96. The van der Waals surface area contributed by atoms with E-state index < -0.39 is 0 Å². The average molecular weight is 237 g/mol. The standard InChI is InChI=1S/C12H19N3O2/c1-4-17-12(16)5-6-13-11-7-10(9(2)3)14-8-15-11/h7-9H,4-6H2,1-3H3,(H,13,14,15). The fourth-order valence-corrected chi connectivity index (χ4v) is 1.31. The molecule has 0 saturated heterocycles. The second-order valence-corrected chi connectivity index (χ2v) is 3.96. The SMILES string of the molecule is CCOC(=O)CCNc1cc(C(C)C)ncn1. The van der Waals surface area contributed by atoms with Crippen LogP contribution in [-0.2, 0) is 9.53 Å². The van der Waals surface area contributed by atoms with Crippen LogP contribution in [0.2, 0.25) is 0 Å². The molecule has 17 heavy (non-hydrogen) atoms. The van der Waals surface area contributed by atoms with E-state index in [4.69, 9.17) is 4.74 Å². The Bertz CT molecular complexity index is 367. The van der Waals surface area contributed by atoms with Gasteiger partial charge in [-0.15, -0.1) is 0 Å². The zero-order valence-electron chi connectivity index (χ0n) is 10.6. The molecule has 0 bridgehead atoms. The third-order valence-corrected chi connectivity index (χ3v) is 2.22. The normalized spacial score (nSPS) is 10.4. The first-order valence-corrected chi connectivity index (χ1v) is 5.85. The van der Waals surface area contributed by atoms with Crippen LogP contribution < -0.4 is 5.32 Å². The van der Waals surface area contributed by atoms with E-state index in [1.165, 1.54) is 6.33 Å². The molecule has 0 aliphatic carbocycles. The molecule has 0 fully saturated rings. The number of carbonyl (C=O) groups excluding carboxylic acids is 1. The number of hydrogen-bond acceptors (Lipinski definition) is 5. The molecule has 1 aromatic rings. The van der Waals surface area contributed by atoms with Crippen LogP contribution in [0.1, 0.15) is 38.8 Å². The summed E-state index contributed by atoms with van der Waals surface area (Å²) in [6.07, 6.45) is 1.87. The van der Waals surface area contributed by atoms with Crippen LogP contribution in [0, 0.1) is 0 Å². The largest absolute Gasteiger partial charge is 0.466 e. The van der Waals surface area contributed by atoms with Crippen LogP contribution in [0.4, 0.5) is 5.82 Å². The van der Waals surface area contributed by atoms with E-state index >= 15 is 0 Å². The molecule has 0 atom stereocenters. The third kappa shape index (κ3) is 4.80. The highest BCUT2D eigenvalue weighted by Gasteiger charge is 2.04. The molecule has 94 valence electrons. The maximum Gasteiger partial charge on any atom is 0.307 e. The minimum Gasteiger partial charge on any atom is -0.466 e. The van der Waals surface area contributed by atoms with Crippen LogP contribution in [0.5, 0.6) is 0 Å². The smallest absolute Gasteiger partial charge is 0.307 e. The van der Waals surface area contributed by atoms with Gasteiger partial charge in [-0.25, -0.2) is 9.97 Å². The number of esters is 1. The molecule has 0 unspecified atom stereocenters. The second kappa shape index (κ2) is 6.83. The van der Waals surface area contributed by atoms with Gasteiger partial charge in [0.2, 0.25) is 0 Å². The van der Waals surface area contributed by atoms with Crippen molar-refractivity contribution in [3.8, 4) is 0 Å². The summed E-state index contributed by atoms with van der Waals surface area (Å²) in [5.41, 5.74) is 0.985. The third-order valence-electron chi connectivity index (χ3n) is 2.22. The number of hydrogen-bond donors (Lipinski definition) is 1. The average Bonchev–Trinajstić information content (AvgIpc) is 2.30. The monoisotopic (exact) mass is 237 g/mol. The molecule has 5 nitrogen and oxygen atoms in total. The van der Waals surface area contributed by atoms with E-state index in [1.54, 1.807) is 6.92 Å². The maximum atomic E-state index is 11.1. The summed E-state index contributed by atoms with van der Waals surface area (Å²) < 4.78 is 4.83. The van der Waals surface area contributed by atoms with Crippen LogP contribution in [0.3, 0.4) is 0 Å². The van der Waals surface area contributed by atoms with Crippen molar-refractivity contribution in [2.24, 2.45) is 0 Å². The molecule has 1 heterocycles. The van der Waals surface area contributed by atoms with Crippen LogP contribution in [0.15, 0.2) is 12.4 Å². The highest BCUT2D eigenvalue weighted by atomic mass is 16.5. The highest BCUT2D eigenvalue weighted by molar-refractivity contribution is 5.69. The Morgan fingerprint density at radius 2 is 2.24 bits per heavy atom. The van der Waals surface area contributed by atoms with Crippen LogP contribution >= 0.6 is 0 Å². The molecular weight excluding hydrogens is 218 g/mol. The van der Waals surface area contributed by atoms with Gasteiger partial charge in [0, 0.05) is 18.3 Å². The van der Waals surface area contributed by atoms with Crippen molar-refractivity contribution < 1.29 is 9.53 Å². The number of anilines is 1. The Labute approximate surface area is 102 Å². The summed E-state index contributed by atoms with van der Waals surface area (Å²) in [5, 5.41) is 3.08. The molecule has 1 rings (SSSR count). The Hall–Kier alpha value is -1.65. The fourth-order valence-electron chi connectivity index (χ4n) is 1.31. The Morgan fingerprint density at radius 3 is 2.88 bits per heavy atom. The molecule has 0 aliphatic rings. The molecule has 0 aliphatic heterocycles. The first-order valence-electron chi connectivity index (χ1n) is 5.85. The molecule has 0 saturated carbocycles. The van der Waals surface area contributed by atoms with E-state index in [9.17, 15) is 4.79 Å². The predicted octanol–water partition coefficient (Wildman–Crippen LogP) is 1.97. The number of ether oxygens (including phenoxy) is 1. The quantitative estimate of drug-likeness (QED) is 0.766. The lowest BCUT2D eigenvalue weighted by Gasteiger charge is -2.08. The van der Waals surface area contributed by atoms with Gasteiger partial charge in [-0.3, -0.25) is 4.79 Å². The van der Waals surface area contributed by atoms with Gasteiger partial charge in [0.05, 0.1) is 13.0 Å². The van der Waals surface area contributed by atoms with Gasteiger partial charge in [0.15, 0.2) is 0 Å². The van der Waals surface area contributed by atoms with E-state index in [2.05, 4.69) is 29.1 Å². The zero-order valence-corrected chi connectivity index (χ0v) is 10.6. The van der Waals surface area contributed by atoms with Crippen molar-refractivity contribution in [1.29, 1.82) is 0 Å². The lowest BCUT2D eigenvalue weighted by molar-refractivity contribution is -0.142. The Balaban J connectivity index is 2.41. The van der Waals surface area contributed by atoms with Gasteiger partial charge in [-0.1, -0.05) is 13.8 Å². The Morgan fingerprint density at radius 1 is 1.47 bits per heavy atom. The topological polar surface area (TPSA) is 64.1 Å². The van der Waals surface area contributed by atoms with Crippen LogP contribution in [0.25, 0.3) is 0 Å². The van der Waals surface area contributed by atoms with Crippen molar-refractivity contribution in [2.45, 2.75) is 33.1 Å². The number of nitrogens with one attached hydrogen (secondary N) is 1. The lowest BCUT2D eigenvalue weighted by atomic mass is 10.1. The minimum atomic E-state index is -0.196. The fraction of sp³-hybridized carbons (Fsp3) is 0.583. The molecule has 1 aromatic heterocycles. The van der Waals surface area contributed by atoms with Crippen molar-refractivity contribution in [2.75, 3.05) is 18.5 Å². The van der Waals surface area contributed by atoms with Gasteiger partial charge >= 0.3 is 5.97 Å². The highest BCUT2D eigenvalue weighted by Crippen LogP contribution is 2.13. The zero-order chi connectivity index (χ0) is 12.7. The minimum absolute atomic E-state index is 0.196. The number of nitrogens with zero attached hydrogens (tertiary/aromatic N) is 2. The van der Waals surface area contributed by atoms with Crippen molar-refractivity contribution >= 4 is 11.8 Å². The van der Waals surface area contributed by atoms with Gasteiger partial charge in [-0.2, -0.15) is 0 Å². The van der Waals surface area contributed by atoms with Gasteiger partial charge < -0.3 is 10.1 Å². The number of carbonyl (C=O) groups is 1. The number of aromatic nitrogens is 2. The lowest BCUT2D eigenvalue weighted by Crippen LogP contribution is -2.12. The summed E-state index contributed by atoms with van der Waals surface area (Å²) >= 11 is 0. The van der Waals surface area contributed by atoms with E-state index in [1.807, 2.05) is 6.07 Å². The molecular formula is C12H19N3O2. The summed E-state index contributed by atoms with van der Waals surface area (Å²) in [7, 11) is 0. The Kier molecular flexibility index (Phi) is 5.39. The molecule has 0 amide bonds. The van der Waals surface area contributed by atoms with E-state index in [0.29, 0.717) is 25.5 Å². The van der Waals surface area contributed by atoms with E-state index in [0.717, 1.165) is 11.5 Å². The maximum absolute atomic E-state index is 11.1. The van der Waals surface area contributed by atoms with Crippen molar-refractivity contribution in [3.63, 3.8) is 0 Å². The van der Waals surface area contributed by atoms with Crippen LogP contribution in [-0.4, -0.2) is 29.1 Å². The molecule has 5 heteroatoms. The van der Waals surface area contributed by atoms with Gasteiger partial charge in [0.1, 0.15) is 12.1 Å². The first-order chi connectivity index (χ1) is 8.13. The van der Waals surface area contributed by atoms with Gasteiger partial charge in [0.25, 0.3) is 0 Å². The molecule has 1 N–H and O–H groups in total. The molecule has 0 aromatic carbocycles. The van der Waals surface area contributed by atoms with Gasteiger partial charge in [-0.05, 0) is 12.8 Å². The van der Waals surface area contributed by atoms with Crippen molar-refractivity contribution in [3.05, 3.63) is 18.1 Å². The summed E-state index contributed by atoms with van der Waals surface area (Å²) in [6.45, 7) is 6.89. The molecule has 0 radical (unpaired) electrons. The number of rotatable bonds is 6. The first kappa shape index (κ1) is 13.4. The van der Waals surface area contributed by atoms with E-state index in [-0.39, 0.29) is 5.97 Å². The summed E-state index contributed by atoms with van der Waals surface area (Å²) in [5.74, 6) is 0.912. The van der Waals surface area contributed by atoms with Crippen molar-refractivity contribution in [1.82, 2.24) is 9.97 Å². The molecule has 0 spiro atoms. The summed E-state index contributed by atoms with van der Waals surface area (Å²) in [6, 6.07) is 1.90. The predicted molar refractivity (Wildman–Crippen MR) is 65.9 cm³/mol.